The Morgan fingerprint density at radius 3 is 2.35 bits per heavy atom. The van der Waals surface area contributed by atoms with Crippen molar-refractivity contribution in [3.8, 4) is 22.8 Å². The van der Waals surface area contributed by atoms with Crippen LogP contribution in [0.25, 0.3) is 22.8 Å². The highest BCUT2D eigenvalue weighted by atomic mass is 35.5. The van der Waals surface area contributed by atoms with Crippen molar-refractivity contribution in [3.63, 3.8) is 0 Å². The van der Waals surface area contributed by atoms with E-state index >= 15 is 0 Å². The van der Waals surface area contributed by atoms with Gasteiger partial charge in [-0.15, -0.1) is 0 Å². The summed E-state index contributed by atoms with van der Waals surface area (Å²) in [5.41, 5.74) is 4.02. The van der Waals surface area contributed by atoms with Gasteiger partial charge < -0.3 is 0 Å². The van der Waals surface area contributed by atoms with Crippen LogP contribution in [0.3, 0.4) is 0 Å². The normalized spacial score (nSPS) is 14.1. The second-order valence-electron chi connectivity index (χ2n) is 9.11. The summed E-state index contributed by atoms with van der Waals surface area (Å²) in [5, 5.41) is 0.474. The fourth-order valence-electron chi connectivity index (χ4n) is 4.70. The molecule has 0 amide bonds. The second-order valence-corrected chi connectivity index (χ2v) is 9.52. The molecule has 1 aliphatic rings. The van der Waals surface area contributed by atoms with Crippen LogP contribution in [-0.4, -0.2) is 20.7 Å². The topological polar surface area (TPSA) is 75.7 Å². The molecule has 0 atom stereocenters. The minimum absolute atomic E-state index is 0.266. The lowest BCUT2D eigenvalue weighted by Crippen LogP contribution is -2.28. The van der Waals surface area contributed by atoms with Crippen LogP contribution in [0.15, 0.2) is 77.6 Å². The summed E-state index contributed by atoms with van der Waals surface area (Å²) >= 11 is 6.47. The predicted molar refractivity (Wildman–Crippen MR) is 134 cm³/mol. The Labute approximate surface area is 202 Å². The van der Waals surface area contributed by atoms with Crippen LogP contribution in [0.5, 0.6) is 0 Å². The first-order chi connectivity index (χ1) is 16.4. The molecule has 5 nitrogen and oxygen atoms in total. The summed E-state index contributed by atoms with van der Waals surface area (Å²) in [5.74, 6) is 0.960. The summed E-state index contributed by atoms with van der Waals surface area (Å²) in [7, 11) is 0. The molecule has 3 aromatic carbocycles. The zero-order valence-corrected chi connectivity index (χ0v) is 19.6. The van der Waals surface area contributed by atoms with Crippen LogP contribution < -0.4 is 5.69 Å². The van der Waals surface area contributed by atoms with Gasteiger partial charge in [-0.2, -0.15) is 4.98 Å². The Morgan fingerprint density at radius 1 is 0.971 bits per heavy atom. The number of fused-ring (bicyclic) bond motifs is 1. The zero-order chi connectivity index (χ0) is 23.7. The summed E-state index contributed by atoms with van der Waals surface area (Å²) in [6.07, 6.45) is 2.62. The molecule has 1 N–H and O–H groups in total. The Kier molecular flexibility index (Phi) is 5.88. The number of benzene rings is 3. The average Bonchev–Trinajstić information content (AvgIpc) is 3.21. The Morgan fingerprint density at radius 2 is 1.65 bits per heavy atom. The lowest BCUT2D eigenvalue weighted by atomic mass is 9.80. The third-order valence-corrected chi connectivity index (χ3v) is 6.89. The smallest absolute Gasteiger partial charge is 0.299 e. The quantitative estimate of drug-likeness (QED) is 0.407. The van der Waals surface area contributed by atoms with E-state index in [4.69, 9.17) is 11.6 Å². The van der Waals surface area contributed by atoms with Crippen molar-refractivity contribution in [2.24, 2.45) is 5.41 Å². The van der Waals surface area contributed by atoms with E-state index < -0.39 is 5.69 Å². The molecule has 0 bridgehead atoms. The fourth-order valence-corrected chi connectivity index (χ4v) is 4.91. The molecule has 34 heavy (non-hydrogen) atoms. The number of nitrogens with one attached hydrogen (secondary N) is 1. The molecule has 0 saturated heterocycles. The third-order valence-electron chi connectivity index (χ3n) is 6.56. The number of ketones is 1. The van der Waals surface area contributed by atoms with Crippen LogP contribution in [-0.2, 0) is 24.1 Å². The second kappa shape index (κ2) is 8.99. The fraction of sp³-hybridized carbons (Fsp3) is 0.214. The van der Waals surface area contributed by atoms with Gasteiger partial charge in [0.2, 0.25) is 0 Å². The van der Waals surface area contributed by atoms with Crippen molar-refractivity contribution >= 4 is 17.4 Å². The molecule has 170 valence electrons. The molecule has 0 spiro atoms. The van der Waals surface area contributed by atoms with E-state index in [0.717, 1.165) is 24.0 Å². The predicted octanol–water partition coefficient (Wildman–Crippen LogP) is 5.46. The van der Waals surface area contributed by atoms with Gasteiger partial charge in [0.15, 0.2) is 5.82 Å². The van der Waals surface area contributed by atoms with Gasteiger partial charge in [0.25, 0.3) is 0 Å². The number of hydrogen-bond donors (Lipinski definition) is 1. The molecule has 0 saturated carbocycles. The van der Waals surface area contributed by atoms with Crippen molar-refractivity contribution in [1.29, 1.82) is 0 Å². The van der Waals surface area contributed by atoms with Crippen molar-refractivity contribution in [1.82, 2.24) is 15.0 Å². The van der Waals surface area contributed by atoms with Gasteiger partial charge in [-0.05, 0) is 48.1 Å². The maximum Gasteiger partial charge on any atom is 0.348 e. The molecule has 1 aliphatic carbocycles. The summed E-state index contributed by atoms with van der Waals surface area (Å²) in [4.78, 5) is 36.7. The monoisotopic (exact) mass is 469 g/mol. The number of rotatable bonds is 6. The van der Waals surface area contributed by atoms with Crippen molar-refractivity contribution < 1.29 is 4.79 Å². The van der Waals surface area contributed by atoms with Gasteiger partial charge in [0.05, 0.1) is 5.02 Å². The number of aromatic nitrogens is 3. The molecule has 0 unspecified atom stereocenters. The number of Topliss-reactive ketones (excluding diaryl/α,β-unsaturated/α-hetero) is 1. The van der Waals surface area contributed by atoms with Gasteiger partial charge in [-0.1, -0.05) is 79.2 Å². The van der Waals surface area contributed by atoms with Crippen molar-refractivity contribution in [2.45, 2.75) is 32.6 Å². The van der Waals surface area contributed by atoms with Gasteiger partial charge in [-0.3, -0.25) is 9.78 Å². The Bertz CT molecular complexity index is 1400. The van der Waals surface area contributed by atoms with Crippen LogP contribution in [0.1, 0.15) is 30.0 Å². The van der Waals surface area contributed by atoms with Crippen LogP contribution in [0, 0.1) is 5.41 Å². The first kappa shape index (κ1) is 22.2. The van der Waals surface area contributed by atoms with E-state index in [9.17, 15) is 9.59 Å². The van der Waals surface area contributed by atoms with E-state index in [1.165, 1.54) is 11.1 Å². The third kappa shape index (κ3) is 4.44. The highest BCUT2D eigenvalue weighted by molar-refractivity contribution is 6.33. The highest BCUT2D eigenvalue weighted by Gasteiger charge is 2.38. The van der Waals surface area contributed by atoms with Crippen LogP contribution >= 0.6 is 11.6 Å². The highest BCUT2D eigenvalue weighted by Crippen LogP contribution is 2.38. The number of aromatic amines is 1. The van der Waals surface area contributed by atoms with Gasteiger partial charge in [0, 0.05) is 23.0 Å². The Hall–Kier alpha value is -3.57. The van der Waals surface area contributed by atoms with E-state index in [-0.39, 0.29) is 11.2 Å². The molecule has 4 aromatic rings. The lowest BCUT2D eigenvalue weighted by molar-refractivity contribution is -0.127. The average molecular weight is 470 g/mol. The minimum Gasteiger partial charge on any atom is -0.299 e. The number of carbonyl (C=O) groups excluding carboxylic acids is 1. The molecule has 0 fully saturated rings. The molecule has 0 radical (unpaired) electrons. The summed E-state index contributed by atoms with van der Waals surface area (Å²) < 4.78 is 0. The zero-order valence-electron chi connectivity index (χ0n) is 18.8. The molecule has 1 aromatic heterocycles. The van der Waals surface area contributed by atoms with E-state index in [0.29, 0.717) is 35.1 Å². The molecule has 6 heteroatoms. The number of halogens is 1. The number of nitrogens with zero attached hydrogens (tertiary/aromatic N) is 2. The van der Waals surface area contributed by atoms with Gasteiger partial charge >= 0.3 is 5.69 Å². The maximum atomic E-state index is 13.2. The van der Waals surface area contributed by atoms with E-state index in [1.807, 2.05) is 54.6 Å². The first-order valence-electron chi connectivity index (χ1n) is 11.3. The van der Waals surface area contributed by atoms with Gasteiger partial charge in [-0.25, -0.2) is 9.78 Å². The van der Waals surface area contributed by atoms with Crippen molar-refractivity contribution in [2.75, 3.05) is 0 Å². The van der Waals surface area contributed by atoms with Gasteiger partial charge in [0.1, 0.15) is 11.6 Å². The van der Waals surface area contributed by atoms with E-state index in [2.05, 4.69) is 34.0 Å². The SMILES string of the molecule is CC1(C(=O)CCc2ccc(Cl)c(-c3nc(-c4ccccc4)nc(=O)[nH]3)c2)Cc2ccccc2C1. The van der Waals surface area contributed by atoms with Crippen molar-refractivity contribution in [3.05, 3.63) is 105 Å². The first-order valence-corrected chi connectivity index (χ1v) is 11.7. The lowest BCUT2D eigenvalue weighted by Gasteiger charge is -2.22. The Balaban J connectivity index is 1.37. The van der Waals surface area contributed by atoms with E-state index in [1.54, 1.807) is 6.07 Å². The van der Waals surface area contributed by atoms with Crippen LogP contribution in [0.4, 0.5) is 0 Å². The number of hydrogen-bond acceptors (Lipinski definition) is 4. The molecule has 1 heterocycles. The summed E-state index contributed by atoms with van der Waals surface area (Å²) in [6.45, 7) is 2.07. The minimum atomic E-state index is -0.491. The molecule has 5 rings (SSSR count). The number of carbonyl (C=O) groups is 1. The maximum absolute atomic E-state index is 13.2. The largest absolute Gasteiger partial charge is 0.348 e. The molecule has 0 aliphatic heterocycles. The number of aryl methyl sites for hydroxylation is 1. The summed E-state index contributed by atoms with van der Waals surface area (Å²) in [6, 6.07) is 23.2. The van der Waals surface area contributed by atoms with Crippen LogP contribution in [0.2, 0.25) is 5.02 Å². The number of H-pyrrole nitrogens is 1. The molecular formula is C28H24ClN3O2. The molecular weight excluding hydrogens is 446 g/mol. The standard InChI is InChI=1S/C28H24ClN3O2/c1-28(16-20-9-5-6-10-21(20)17-28)24(33)14-12-18-11-13-23(29)22(15-18)26-30-25(31-27(34)32-26)19-7-3-2-4-8-19/h2-11,13,15H,12,14,16-17H2,1H3,(H,30,31,32,34).